The van der Waals surface area contributed by atoms with Gasteiger partial charge in [0.25, 0.3) is 0 Å². The first-order chi connectivity index (χ1) is 11.4. The summed E-state index contributed by atoms with van der Waals surface area (Å²) < 4.78 is 45.7. The van der Waals surface area contributed by atoms with Crippen LogP contribution in [-0.2, 0) is 15.8 Å². The smallest absolute Gasteiger partial charge is 0.240 e. The van der Waals surface area contributed by atoms with Crippen molar-refractivity contribution in [1.29, 1.82) is 0 Å². The second-order valence-corrected chi connectivity index (χ2v) is 8.05. The quantitative estimate of drug-likeness (QED) is 0.725. The van der Waals surface area contributed by atoms with Gasteiger partial charge in [-0.05, 0) is 42.3 Å². The van der Waals surface area contributed by atoms with E-state index in [2.05, 4.69) is 4.72 Å². The zero-order valence-corrected chi connectivity index (χ0v) is 15.2. The lowest BCUT2D eigenvalue weighted by atomic mass is 10.2. The molecule has 1 N–H and O–H groups in total. The molecule has 2 rings (SSSR count). The summed E-state index contributed by atoms with van der Waals surface area (Å²) in [7, 11) is -2.01. The summed E-state index contributed by atoms with van der Waals surface area (Å²) in [5, 5.41) is 0. The van der Waals surface area contributed by atoms with Crippen molar-refractivity contribution in [2.75, 3.05) is 19.4 Å². The average Bonchev–Trinajstić information content (AvgIpc) is 2.56. The van der Waals surface area contributed by atoms with Gasteiger partial charge < -0.3 is 4.74 Å². The van der Waals surface area contributed by atoms with Gasteiger partial charge in [0, 0.05) is 18.1 Å². The monoisotopic (exact) mass is 369 g/mol. The molecule has 0 saturated heterocycles. The Bertz CT molecular complexity index is 794. The number of benzene rings is 2. The second kappa shape index (κ2) is 8.50. The van der Waals surface area contributed by atoms with Crippen LogP contribution in [0.25, 0.3) is 0 Å². The topological polar surface area (TPSA) is 55.4 Å². The normalized spacial score (nSPS) is 11.5. The van der Waals surface area contributed by atoms with Gasteiger partial charge in [0.15, 0.2) is 0 Å². The van der Waals surface area contributed by atoms with Gasteiger partial charge in [0.05, 0.1) is 12.0 Å². The van der Waals surface area contributed by atoms with E-state index in [0.717, 1.165) is 5.56 Å². The fourth-order valence-corrected chi connectivity index (χ4v) is 4.24. The van der Waals surface area contributed by atoms with Gasteiger partial charge in [-0.25, -0.2) is 17.5 Å². The van der Waals surface area contributed by atoms with Crippen LogP contribution in [0.5, 0.6) is 5.75 Å². The van der Waals surface area contributed by atoms with Crippen molar-refractivity contribution >= 4 is 21.8 Å². The highest BCUT2D eigenvalue weighted by Crippen LogP contribution is 2.21. The molecule has 0 atom stereocenters. The van der Waals surface area contributed by atoms with E-state index in [1.165, 1.54) is 23.9 Å². The van der Waals surface area contributed by atoms with Crippen LogP contribution in [0.4, 0.5) is 4.39 Å². The largest absolute Gasteiger partial charge is 0.496 e. The third kappa shape index (κ3) is 4.96. The third-order valence-corrected chi connectivity index (χ3v) is 5.90. The Morgan fingerprint density at radius 3 is 2.62 bits per heavy atom. The fraction of sp³-hybridized carbons (Fsp3) is 0.294. The zero-order chi connectivity index (χ0) is 17.6. The van der Waals surface area contributed by atoms with Crippen molar-refractivity contribution in [2.24, 2.45) is 0 Å². The maximum absolute atomic E-state index is 13.5. The van der Waals surface area contributed by atoms with Crippen LogP contribution in [0.1, 0.15) is 11.1 Å². The Kier molecular flexibility index (Phi) is 6.65. The van der Waals surface area contributed by atoms with Crippen molar-refractivity contribution in [2.45, 2.75) is 17.6 Å². The standard InChI is InChI=1S/C17H20FNO3S2/c1-13-11-15(7-8-17(13)22-2)24(20,21)19-9-10-23-12-14-5-3-4-6-16(14)18/h3-8,11,19H,9-10,12H2,1-2H3. The molecule has 2 aromatic rings. The molecule has 0 aliphatic carbocycles. The molecular weight excluding hydrogens is 349 g/mol. The number of hydrogen-bond donors (Lipinski definition) is 1. The van der Waals surface area contributed by atoms with Gasteiger partial charge in [-0.3, -0.25) is 0 Å². The average molecular weight is 369 g/mol. The maximum atomic E-state index is 13.5. The van der Waals surface area contributed by atoms with Crippen LogP contribution in [-0.4, -0.2) is 27.8 Å². The molecule has 7 heteroatoms. The molecule has 0 aliphatic rings. The van der Waals surface area contributed by atoms with Gasteiger partial charge in [-0.15, -0.1) is 0 Å². The Morgan fingerprint density at radius 2 is 1.96 bits per heavy atom. The number of thioether (sulfide) groups is 1. The van der Waals surface area contributed by atoms with Crippen LogP contribution in [0.2, 0.25) is 0 Å². The number of hydrogen-bond acceptors (Lipinski definition) is 4. The first-order valence-electron chi connectivity index (χ1n) is 7.39. The van der Waals surface area contributed by atoms with E-state index in [4.69, 9.17) is 4.74 Å². The minimum absolute atomic E-state index is 0.208. The molecule has 4 nitrogen and oxygen atoms in total. The Hall–Kier alpha value is -1.57. The van der Waals surface area contributed by atoms with E-state index >= 15 is 0 Å². The fourth-order valence-electron chi connectivity index (χ4n) is 2.15. The van der Waals surface area contributed by atoms with Gasteiger partial charge in [-0.1, -0.05) is 18.2 Å². The van der Waals surface area contributed by atoms with E-state index in [1.807, 2.05) is 0 Å². The van der Waals surface area contributed by atoms with Crippen LogP contribution in [0, 0.1) is 12.7 Å². The summed E-state index contributed by atoms with van der Waals surface area (Å²) in [5.74, 6) is 1.48. The Morgan fingerprint density at radius 1 is 1.21 bits per heavy atom. The molecular formula is C17H20FNO3S2. The van der Waals surface area contributed by atoms with Gasteiger partial charge >= 0.3 is 0 Å². The highest BCUT2D eigenvalue weighted by atomic mass is 32.2. The first kappa shape index (κ1) is 18.8. The minimum Gasteiger partial charge on any atom is -0.496 e. The predicted molar refractivity (Wildman–Crippen MR) is 95.5 cm³/mol. The van der Waals surface area contributed by atoms with Crippen LogP contribution in [0.15, 0.2) is 47.4 Å². The molecule has 0 aliphatic heterocycles. The van der Waals surface area contributed by atoms with Crippen LogP contribution >= 0.6 is 11.8 Å². The number of nitrogens with one attached hydrogen (secondary N) is 1. The molecule has 24 heavy (non-hydrogen) atoms. The molecule has 0 saturated carbocycles. The minimum atomic E-state index is -3.55. The lowest BCUT2D eigenvalue weighted by molar-refractivity contribution is 0.411. The van der Waals surface area contributed by atoms with Crippen LogP contribution < -0.4 is 9.46 Å². The van der Waals surface area contributed by atoms with E-state index in [0.29, 0.717) is 22.8 Å². The van der Waals surface area contributed by atoms with Gasteiger partial charge in [-0.2, -0.15) is 11.8 Å². The van der Waals surface area contributed by atoms with E-state index < -0.39 is 10.0 Å². The molecule has 0 radical (unpaired) electrons. The number of methoxy groups -OCH3 is 1. The van der Waals surface area contributed by atoms with Gasteiger partial charge in [0.1, 0.15) is 11.6 Å². The number of ether oxygens (including phenoxy) is 1. The molecule has 130 valence electrons. The molecule has 0 bridgehead atoms. The highest BCUT2D eigenvalue weighted by Gasteiger charge is 2.14. The molecule has 0 amide bonds. The molecule has 0 unspecified atom stereocenters. The van der Waals surface area contributed by atoms with E-state index in [-0.39, 0.29) is 17.3 Å². The summed E-state index contributed by atoms with van der Waals surface area (Å²) in [6.45, 7) is 2.08. The van der Waals surface area contributed by atoms with Crippen molar-refractivity contribution in [3.05, 3.63) is 59.4 Å². The molecule has 0 fully saturated rings. The van der Waals surface area contributed by atoms with Gasteiger partial charge in [0.2, 0.25) is 10.0 Å². The number of sulfonamides is 1. The van der Waals surface area contributed by atoms with Crippen molar-refractivity contribution in [1.82, 2.24) is 4.72 Å². The van der Waals surface area contributed by atoms with Crippen molar-refractivity contribution < 1.29 is 17.5 Å². The van der Waals surface area contributed by atoms with Crippen molar-refractivity contribution in [3.8, 4) is 5.75 Å². The Balaban J connectivity index is 1.85. The summed E-state index contributed by atoms with van der Waals surface area (Å²) in [6.07, 6.45) is 0. The second-order valence-electron chi connectivity index (χ2n) is 5.17. The molecule has 0 heterocycles. The zero-order valence-electron chi connectivity index (χ0n) is 13.6. The summed E-state index contributed by atoms with van der Waals surface area (Å²) in [6, 6.07) is 11.3. The van der Waals surface area contributed by atoms with Crippen molar-refractivity contribution in [3.63, 3.8) is 0 Å². The summed E-state index contributed by atoms with van der Waals surface area (Å²) in [5.41, 5.74) is 1.38. The number of halogens is 1. The highest BCUT2D eigenvalue weighted by molar-refractivity contribution is 7.98. The number of rotatable bonds is 8. The molecule has 2 aromatic carbocycles. The molecule has 0 spiro atoms. The summed E-state index contributed by atoms with van der Waals surface area (Å²) in [4.78, 5) is 0.208. The van der Waals surface area contributed by atoms with E-state index in [9.17, 15) is 12.8 Å². The molecule has 0 aromatic heterocycles. The maximum Gasteiger partial charge on any atom is 0.240 e. The first-order valence-corrected chi connectivity index (χ1v) is 10.0. The van der Waals surface area contributed by atoms with Crippen LogP contribution in [0.3, 0.4) is 0 Å². The SMILES string of the molecule is COc1ccc(S(=O)(=O)NCCSCc2ccccc2F)cc1C. The van der Waals surface area contributed by atoms with E-state index in [1.54, 1.807) is 44.4 Å². The number of aryl methyl sites for hydroxylation is 1. The predicted octanol–water partition coefficient (Wildman–Crippen LogP) is 3.35. The third-order valence-electron chi connectivity index (χ3n) is 3.43. The Labute approximate surface area is 146 Å². The lowest BCUT2D eigenvalue weighted by Gasteiger charge is -2.10. The summed E-state index contributed by atoms with van der Waals surface area (Å²) >= 11 is 1.48. The lowest BCUT2D eigenvalue weighted by Crippen LogP contribution is -2.26.